The highest BCUT2D eigenvalue weighted by Gasteiger charge is 2.33. The molecule has 0 fully saturated rings. The molecule has 0 atom stereocenters. The average molecular weight is 262 g/mol. The zero-order chi connectivity index (χ0) is 14.1. The monoisotopic (exact) mass is 262 g/mol. The van der Waals surface area contributed by atoms with Gasteiger partial charge in [0.05, 0.1) is 10.5 Å². The van der Waals surface area contributed by atoms with Crippen molar-refractivity contribution in [1.29, 1.82) is 0 Å². The van der Waals surface area contributed by atoms with Crippen LogP contribution in [0.5, 0.6) is 0 Å². The highest BCUT2D eigenvalue weighted by atomic mass is 19.4. The molecule has 0 radical (unpaired) electrons. The van der Waals surface area contributed by atoms with E-state index in [4.69, 9.17) is 0 Å². The Balaban J connectivity index is 3.41. The zero-order valence-corrected chi connectivity index (χ0v) is 9.49. The number of halogens is 3. The fourth-order valence-corrected chi connectivity index (χ4v) is 1.26. The van der Waals surface area contributed by atoms with E-state index in [1.54, 1.807) is 0 Å². The summed E-state index contributed by atoms with van der Waals surface area (Å²) in [6.45, 7) is 0. The summed E-state index contributed by atoms with van der Waals surface area (Å²) < 4.78 is 37.6. The SMILES string of the molecule is CN(C)C(=O)c1cc([N+](=O)[O-])cc(C(F)(F)F)c1. The Morgan fingerprint density at radius 2 is 1.83 bits per heavy atom. The Morgan fingerprint density at radius 3 is 2.22 bits per heavy atom. The molecule has 0 aliphatic rings. The first kappa shape index (κ1) is 13.9. The van der Waals surface area contributed by atoms with E-state index < -0.39 is 28.3 Å². The molecule has 18 heavy (non-hydrogen) atoms. The molecule has 0 saturated carbocycles. The first-order valence-corrected chi connectivity index (χ1v) is 4.71. The normalized spacial score (nSPS) is 11.2. The Kier molecular flexibility index (Phi) is 3.59. The molecule has 0 heterocycles. The molecule has 1 aromatic rings. The lowest BCUT2D eigenvalue weighted by Crippen LogP contribution is -2.22. The summed E-state index contributed by atoms with van der Waals surface area (Å²) in [6.07, 6.45) is -4.74. The maximum atomic E-state index is 12.5. The van der Waals surface area contributed by atoms with E-state index in [2.05, 4.69) is 0 Å². The third kappa shape index (κ3) is 2.96. The predicted octanol–water partition coefficient (Wildman–Crippen LogP) is 2.32. The molecule has 8 heteroatoms. The number of nitrogens with zero attached hydrogens (tertiary/aromatic N) is 2. The molecule has 0 unspecified atom stereocenters. The summed E-state index contributed by atoms with van der Waals surface area (Å²) in [7, 11) is 2.68. The Bertz CT molecular complexity index is 498. The molecular formula is C10H9F3N2O3. The van der Waals surface area contributed by atoms with E-state index in [1.165, 1.54) is 14.1 Å². The fourth-order valence-electron chi connectivity index (χ4n) is 1.26. The average Bonchev–Trinajstić information content (AvgIpc) is 2.26. The number of nitro benzene ring substituents is 1. The molecule has 1 aromatic carbocycles. The van der Waals surface area contributed by atoms with Gasteiger partial charge in [0.15, 0.2) is 0 Å². The molecule has 0 N–H and O–H groups in total. The van der Waals surface area contributed by atoms with E-state index >= 15 is 0 Å². The number of non-ortho nitro benzene ring substituents is 1. The standard InChI is InChI=1S/C10H9F3N2O3/c1-14(2)9(16)6-3-7(10(11,12)13)5-8(4-6)15(17)18/h3-5H,1-2H3. The Labute approximate surface area is 100.0 Å². The van der Waals surface area contributed by atoms with Crippen LogP contribution in [0.15, 0.2) is 18.2 Å². The van der Waals surface area contributed by atoms with Gasteiger partial charge in [-0.1, -0.05) is 0 Å². The molecule has 0 bridgehead atoms. The van der Waals surface area contributed by atoms with Crippen LogP contribution in [0.1, 0.15) is 15.9 Å². The third-order valence-corrected chi connectivity index (χ3v) is 2.11. The van der Waals surface area contributed by atoms with Gasteiger partial charge < -0.3 is 4.90 Å². The lowest BCUT2D eigenvalue weighted by Gasteiger charge is -2.12. The van der Waals surface area contributed by atoms with Crippen LogP contribution in [0.2, 0.25) is 0 Å². The molecule has 1 rings (SSSR count). The maximum Gasteiger partial charge on any atom is 0.416 e. The molecule has 0 aromatic heterocycles. The molecule has 0 aliphatic carbocycles. The van der Waals surface area contributed by atoms with Crippen LogP contribution < -0.4 is 0 Å². The number of carbonyl (C=O) groups is 1. The maximum absolute atomic E-state index is 12.5. The quantitative estimate of drug-likeness (QED) is 0.607. The van der Waals surface area contributed by atoms with Gasteiger partial charge in [0.2, 0.25) is 0 Å². The number of rotatable bonds is 2. The summed E-state index contributed by atoms with van der Waals surface area (Å²) in [5, 5.41) is 10.5. The largest absolute Gasteiger partial charge is 0.416 e. The summed E-state index contributed by atoms with van der Waals surface area (Å²) in [6, 6.07) is 1.80. The molecule has 0 saturated heterocycles. The number of amides is 1. The van der Waals surface area contributed by atoms with E-state index in [-0.39, 0.29) is 5.56 Å². The van der Waals surface area contributed by atoms with Crippen molar-refractivity contribution >= 4 is 11.6 Å². The topological polar surface area (TPSA) is 63.5 Å². The fraction of sp³-hybridized carbons (Fsp3) is 0.300. The van der Waals surface area contributed by atoms with Gasteiger partial charge in [0.1, 0.15) is 0 Å². The molecule has 98 valence electrons. The van der Waals surface area contributed by atoms with E-state index in [0.29, 0.717) is 12.1 Å². The van der Waals surface area contributed by atoms with Crippen LogP contribution in [-0.2, 0) is 6.18 Å². The second kappa shape index (κ2) is 4.63. The number of nitro groups is 1. The number of benzene rings is 1. The van der Waals surface area contributed by atoms with Gasteiger partial charge in [-0.3, -0.25) is 14.9 Å². The minimum Gasteiger partial charge on any atom is -0.345 e. The Hall–Kier alpha value is -2.12. The van der Waals surface area contributed by atoms with E-state index in [0.717, 1.165) is 11.0 Å². The van der Waals surface area contributed by atoms with E-state index in [1.807, 2.05) is 0 Å². The number of hydrogen-bond acceptors (Lipinski definition) is 3. The van der Waals surface area contributed by atoms with E-state index in [9.17, 15) is 28.1 Å². The van der Waals surface area contributed by atoms with Crippen LogP contribution in [-0.4, -0.2) is 29.8 Å². The van der Waals surface area contributed by atoms with Gasteiger partial charge >= 0.3 is 6.18 Å². The first-order chi connectivity index (χ1) is 8.12. The molecule has 0 aliphatic heterocycles. The van der Waals surface area contributed by atoms with Crippen LogP contribution >= 0.6 is 0 Å². The van der Waals surface area contributed by atoms with Crippen LogP contribution in [0.25, 0.3) is 0 Å². The van der Waals surface area contributed by atoms with Gasteiger partial charge in [-0.05, 0) is 6.07 Å². The van der Waals surface area contributed by atoms with Gasteiger partial charge in [-0.15, -0.1) is 0 Å². The van der Waals surface area contributed by atoms with Crippen molar-refractivity contribution < 1.29 is 22.9 Å². The van der Waals surface area contributed by atoms with Crippen molar-refractivity contribution in [3.05, 3.63) is 39.4 Å². The first-order valence-electron chi connectivity index (χ1n) is 4.71. The third-order valence-electron chi connectivity index (χ3n) is 2.11. The minimum atomic E-state index is -4.74. The van der Waals surface area contributed by atoms with Crippen LogP contribution in [0.4, 0.5) is 18.9 Å². The molecular weight excluding hydrogens is 253 g/mol. The summed E-state index contributed by atoms with van der Waals surface area (Å²) in [4.78, 5) is 22.1. The second-order valence-electron chi connectivity index (χ2n) is 3.72. The Morgan fingerprint density at radius 1 is 1.28 bits per heavy atom. The predicted molar refractivity (Wildman–Crippen MR) is 56.1 cm³/mol. The number of hydrogen-bond donors (Lipinski definition) is 0. The minimum absolute atomic E-state index is 0.374. The van der Waals surface area contributed by atoms with Crippen molar-refractivity contribution in [2.75, 3.05) is 14.1 Å². The summed E-state index contributed by atoms with van der Waals surface area (Å²) >= 11 is 0. The van der Waals surface area contributed by atoms with Gasteiger partial charge in [0.25, 0.3) is 11.6 Å². The molecule has 0 spiro atoms. The number of carbonyl (C=O) groups excluding carboxylic acids is 1. The summed E-state index contributed by atoms with van der Waals surface area (Å²) in [5.41, 5.74) is -2.36. The van der Waals surface area contributed by atoms with Crippen LogP contribution in [0, 0.1) is 10.1 Å². The summed E-state index contributed by atoms with van der Waals surface area (Å²) in [5.74, 6) is -0.732. The van der Waals surface area contributed by atoms with Crippen molar-refractivity contribution in [3.63, 3.8) is 0 Å². The smallest absolute Gasteiger partial charge is 0.345 e. The van der Waals surface area contributed by atoms with Crippen molar-refractivity contribution in [2.45, 2.75) is 6.18 Å². The lowest BCUT2D eigenvalue weighted by atomic mass is 10.1. The molecule has 1 amide bonds. The van der Waals surface area contributed by atoms with Crippen molar-refractivity contribution in [3.8, 4) is 0 Å². The van der Waals surface area contributed by atoms with Crippen molar-refractivity contribution in [1.82, 2.24) is 4.90 Å². The number of alkyl halides is 3. The highest BCUT2D eigenvalue weighted by molar-refractivity contribution is 5.94. The van der Waals surface area contributed by atoms with Gasteiger partial charge in [-0.25, -0.2) is 0 Å². The van der Waals surface area contributed by atoms with Crippen LogP contribution in [0.3, 0.4) is 0 Å². The zero-order valence-electron chi connectivity index (χ0n) is 9.49. The second-order valence-corrected chi connectivity index (χ2v) is 3.72. The highest BCUT2D eigenvalue weighted by Crippen LogP contribution is 2.32. The van der Waals surface area contributed by atoms with Crippen molar-refractivity contribution in [2.24, 2.45) is 0 Å². The lowest BCUT2D eigenvalue weighted by molar-refractivity contribution is -0.385. The van der Waals surface area contributed by atoms with Gasteiger partial charge in [0, 0.05) is 31.8 Å². The van der Waals surface area contributed by atoms with Gasteiger partial charge in [-0.2, -0.15) is 13.2 Å². The molecule has 5 nitrogen and oxygen atoms in total.